The Bertz CT molecular complexity index is 1600. The second-order valence-electron chi connectivity index (χ2n) is 11.1. The average Bonchev–Trinajstić information content (AvgIpc) is 2.91. The molecule has 1 aromatic heterocycles. The number of fused-ring (bicyclic) bond motifs is 1. The number of benzene rings is 2. The number of amides is 2. The standard InChI is InChI=1S/C31H34N4O4S/c1-20-17-26(33-29(37)34-28-23-14-8-9-15-24(23)30(2,3)18-25(28)36)31(40(4,38)39,22-12-6-5-7-13-22)35-27(20)21-11-10-16-32-19-21/h5-17,19,25,28,35-36H,18H2,1-4H3,(H2,33,34,37)/t25-,28-,31?/m1/s1. The van der Waals surface area contributed by atoms with E-state index in [1.165, 1.54) is 0 Å². The summed E-state index contributed by atoms with van der Waals surface area (Å²) in [5.41, 5.74) is 4.27. The minimum atomic E-state index is -3.93. The largest absolute Gasteiger partial charge is 0.391 e. The highest BCUT2D eigenvalue weighted by molar-refractivity contribution is 7.91. The minimum Gasteiger partial charge on any atom is -0.391 e. The van der Waals surface area contributed by atoms with Crippen molar-refractivity contribution in [3.63, 3.8) is 0 Å². The van der Waals surface area contributed by atoms with Gasteiger partial charge in [0.2, 0.25) is 4.87 Å². The van der Waals surface area contributed by atoms with Crippen LogP contribution < -0.4 is 16.0 Å². The number of aromatic nitrogens is 1. The van der Waals surface area contributed by atoms with Crippen LogP contribution in [-0.4, -0.2) is 36.9 Å². The molecule has 40 heavy (non-hydrogen) atoms. The van der Waals surface area contributed by atoms with Crippen molar-refractivity contribution >= 4 is 21.6 Å². The lowest BCUT2D eigenvalue weighted by Crippen LogP contribution is -2.56. The fourth-order valence-electron chi connectivity index (χ4n) is 5.89. The number of nitrogens with zero attached hydrogens (tertiary/aromatic N) is 1. The quantitative estimate of drug-likeness (QED) is 0.371. The molecule has 1 aliphatic carbocycles. The van der Waals surface area contributed by atoms with Gasteiger partial charge >= 0.3 is 6.03 Å². The second-order valence-corrected chi connectivity index (χ2v) is 13.3. The Morgan fingerprint density at radius 1 is 1.05 bits per heavy atom. The van der Waals surface area contributed by atoms with Crippen LogP contribution in [0.4, 0.5) is 4.79 Å². The van der Waals surface area contributed by atoms with Gasteiger partial charge in [0.15, 0.2) is 9.84 Å². The number of dihydropyridines is 1. The van der Waals surface area contributed by atoms with E-state index in [1.807, 2.05) is 37.3 Å². The maximum absolute atomic E-state index is 13.7. The summed E-state index contributed by atoms with van der Waals surface area (Å²) >= 11 is 0. The number of hydrogen-bond acceptors (Lipinski definition) is 6. The molecule has 4 N–H and O–H groups in total. The highest BCUT2D eigenvalue weighted by atomic mass is 32.2. The number of rotatable bonds is 5. The van der Waals surface area contributed by atoms with Crippen LogP contribution in [0.2, 0.25) is 0 Å². The van der Waals surface area contributed by atoms with Gasteiger partial charge in [0, 0.05) is 29.9 Å². The summed E-state index contributed by atoms with van der Waals surface area (Å²) in [6.07, 6.45) is 5.78. The zero-order chi connectivity index (χ0) is 28.7. The molecule has 2 aromatic carbocycles. The van der Waals surface area contributed by atoms with E-state index in [2.05, 4.69) is 34.8 Å². The second kappa shape index (κ2) is 10.2. The lowest BCUT2D eigenvalue weighted by Gasteiger charge is -2.42. The molecule has 0 saturated carbocycles. The van der Waals surface area contributed by atoms with E-state index in [9.17, 15) is 18.3 Å². The van der Waals surface area contributed by atoms with Crippen molar-refractivity contribution in [1.82, 2.24) is 20.9 Å². The molecular weight excluding hydrogens is 524 g/mol. The highest BCUT2D eigenvalue weighted by Crippen LogP contribution is 2.43. The molecule has 0 saturated heterocycles. The summed E-state index contributed by atoms with van der Waals surface area (Å²) in [5, 5.41) is 20.1. The first kappa shape index (κ1) is 27.6. The van der Waals surface area contributed by atoms with E-state index in [0.717, 1.165) is 23.0 Å². The van der Waals surface area contributed by atoms with Crippen molar-refractivity contribution in [3.05, 3.63) is 119 Å². The normalized spacial score (nSPS) is 23.9. The maximum atomic E-state index is 13.7. The Kier molecular flexibility index (Phi) is 7.06. The van der Waals surface area contributed by atoms with Gasteiger partial charge in [-0.1, -0.05) is 68.4 Å². The molecule has 8 nitrogen and oxygen atoms in total. The molecule has 3 aromatic rings. The fraction of sp³-hybridized carbons (Fsp3) is 0.290. The number of carbonyl (C=O) groups is 1. The third kappa shape index (κ3) is 4.80. The molecule has 0 radical (unpaired) electrons. The van der Waals surface area contributed by atoms with Gasteiger partial charge in [-0.05, 0) is 59.2 Å². The molecule has 1 aliphatic heterocycles. The van der Waals surface area contributed by atoms with Crippen molar-refractivity contribution in [3.8, 4) is 0 Å². The zero-order valence-corrected chi connectivity index (χ0v) is 23.8. The molecule has 2 aliphatic rings. The maximum Gasteiger partial charge on any atom is 0.319 e. The van der Waals surface area contributed by atoms with Gasteiger partial charge in [-0.15, -0.1) is 0 Å². The number of hydrogen-bond donors (Lipinski definition) is 4. The van der Waals surface area contributed by atoms with Crippen molar-refractivity contribution in [2.75, 3.05) is 6.26 Å². The molecule has 9 heteroatoms. The summed E-state index contributed by atoms with van der Waals surface area (Å²) in [5.74, 6) is 0. The molecule has 1 unspecified atom stereocenters. The van der Waals surface area contributed by atoms with Gasteiger partial charge in [-0.25, -0.2) is 13.2 Å². The molecule has 208 valence electrons. The fourth-order valence-corrected chi connectivity index (χ4v) is 7.25. The number of pyridine rings is 1. The molecular formula is C31H34N4O4S. The lowest BCUT2D eigenvalue weighted by atomic mass is 9.70. The van der Waals surface area contributed by atoms with E-state index in [-0.39, 0.29) is 11.1 Å². The number of nitrogens with one attached hydrogen (secondary N) is 3. The van der Waals surface area contributed by atoms with Gasteiger partial charge < -0.3 is 21.1 Å². The number of urea groups is 1. The van der Waals surface area contributed by atoms with E-state index >= 15 is 0 Å². The lowest BCUT2D eigenvalue weighted by molar-refractivity contribution is 0.0874. The third-order valence-corrected chi connectivity index (χ3v) is 9.46. The van der Waals surface area contributed by atoms with Crippen molar-refractivity contribution < 1.29 is 18.3 Å². The number of aliphatic hydroxyl groups excluding tert-OH is 1. The van der Waals surface area contributed by atoms with Crippen molar-refractivity contribution in [2.45, 2.75) is 49.6 Å². The van der Waals surface area contributed by atoms with Crippen molar-refractivity contribution in [1.29, 1.82) is 0 Å². The first-order valence-corrected chi connectivity index (χ1v) is 15.0. The van der Waals surface area contributed by atoms with Crippen LogP contribution >= 0.6 is 0 Å². The van der Waals surface area contributed by atoms with Crippen LogP contribution in [0.3, 0.4) is 0 Å². The molecule has 2 amide bonds. The minimum absolute atomic E-state index is 0.155. The molecule has 0 spiro atoms. The molecule has 3 atom stereocenters. The molecule has 2 heterocycles. The topological polar surface area (TPSA) is 120 Å². The Balaban J connectivity index is 1.57. The smallest absolute Gasteiger partial charge is 0.319 e. The average molecular weight is 559 g/mol. The van der Waals surface area contributed by atoms with Crippen LogP contribution in [0.5, 0.6) is 0 Å². The Hall–Kier alpha value is -3.95. The van der Waals surface area contributed by atoms with Crippen LogP contribution in [0, 0.1) is 0 Å². The van der Waals surface area contributed by atoms with Gasteiger partial charge in [0.05, 0.1) is 17.8 Å². The number of aliphatic hydroxyl groups is 1. The summed E-state index contributed by atoms with van der Waals surface area (Å²) in [4.78, 5) is 16.0. The Morgan fingerprint density at radius 3 is 2.42 bits per heavy atom. The first-order chi connectivity index (χ1) is 18.9. The predicted molar refractivity (Wildman–Crippen MR) is 156 cm³/mol. The zero-order valence-electron chi connectivity index (χ0n) is 23.0. The third-order valence-electron chi connectivity index (χ3n) is 7.79. The summed E-state index contributed by atoms with van der Waals surface area (Å²) in [6.45, 7) is 5.98. The molecule has 0 fully saturated rings. The number of carbonyl (C=O) groups excluding carboxylic acids is 1. The molecule has 5 rings (SSSR count). The summed E-state index contributed by atoms with van der Waals surface area (Å²) in [7, 11) is -3.93. The number of allylic oxidation sites excluding steroid dienone is 2. The first-order valence-electron chi connectivity index (χ1n) is 13.2. The number of sulfone groups is 1. The van der Waals surface area contributed by atoms with Crippen molar-refractivity contribution in [2.24, 2.45) is 0 Å². The highest BCUT2D eigenvalue weighted by Gasteiger charge is 2.50. The SMILES string of the molecule is CC1=C(c2cccnc2)NC(c2ccccc2)(S(C)(=O)=O)C(NC(=O)N[C@@H]2c3ccccc3C(C)(C)C[C@H]2O)=C1. The monoisotopic (exact) mass is 558 g/mol. The van der Waals surface area contributed by atoms with Crippen LogP contribution in [0.15, 0.2) is 96.5 Å². The van der Waals surface area contributed by atoms with E-state index in [4.69, 9.17) is 0 Å². The Labute approximate surface area is 235 Å². The summed E-state index contributed by atoms with van der Waals surface area (Å²) in [6, 6.07) is 18.8. The van der Waals surface area contributed by atoms with E-state index < -0.39 is 32.9 Å². The van der Waals surface area contributed by atoms with E-state index in [0.29, 0.717) is 23.2 Å². The van der Waals surface area contributed by atoms with Gasteiger partial charge in [0.25, 0.3) is 0 Å². The predicted octanol–water partition coefficient (Wildman–Crippen LogP) is 4.28. The van der Waals surface area contributed by atoms with Gasteiger partial charge in [-0.3, -0.25) is 4.98 Å². The Morgan fingerprint density at radius 2 is 1.75 bits per heavy atom. The van der Waals surface area contributed by atoms with Crippen LogP contribution in [0.1, 0.15) is 55.5 Å². The van der Waals surface area contributed by atoms with E-state index in [1.54, 1.807) is 54.9 Å². The van der Waals surface area contributed by atoms with Gasteiger partial charge in [-0.2, -0.15) is 0 Å². The molecule has 0 bridgehead atoms. The van der Waals surface area contributed by atoms with Crippen LogP contribution in [0.25, 0.3) is 5.70 Å². The summed E-state index contributed by atoms with van der Waals surface area (Å²) < 4.78 is 27.4. The van der Waals surface area contributed by atoms with Crippen LogP contribution in [-0.2, 0) is 20.1 Å². The van der Waals surface area contributed by atoms with Gasteiger partial charge in [0.1, 0.15) is 0 Å².